The molecule has 2 aromatic carbocycles. The lowest BCUT2D eigenvalue weighted by atomic mass is 9.92. The van der Waals surface area contributed by atoms with E-state index in [4.69, 9.17) is 0 Å². The van der Waals surface area contributed by atoms with E-state index in [1.807, 2.05) is 30.3 Å². The van der Waals surface area contributed by atoms with Crippen molar-refractivity contribution in [3.63, 3.8) is 0 Å². The summed E-state index contributed by atoms with van der Waals surface area (Å²) in [6.45, 7) is 4.20. The molecule has 23 heavy (non-hydrogen) atoms. The molecule has 0 radical (unpaired) electrons. The average molecular weight is 307 g/mol. The summed E-state index contributed by atoms with van der Waals surface area (Å²) in [4.78, 5) is 25.1. The van der Waals surface area contributed by atoms with Crippen molar-refractivity contribution in [2.75, 3.05) is 10.6 Å². The summed E-state index contributed by atoms with van der Waals surface area (Å²) in [6.07, 6.45) is 0. The molecule has 116 valence electrons. The molecule has 0 saturated heterocycles. The smallest absolute Gasteiger partial charge is 0.275 e. The summed E-state index contributed by atoms with van der Waals surface area (Å²) in [6, 6.07) is 13.1. The van der Waals surface area contributed by atoms with E-state index in [2.05, 4.69) is 29.8 Å². The summed E-state index contributed by atoms with van der Waals surface area (Å²) >= 11 is 0. The van der Waals surface area contributed by atoms with Gasteiger partial charge in [-0.15, -0.1) is 0 Å². The Morgan fingerprint density at radius 1 is 0.957 bits per heavy atom. The van der Waals surface area contributed by atoms with E-state index in [0.717, 1.165) is 16.8 Å². The van der Waals surface area contributed by atoms with E-state index >= 15 is 0 Å². The third-order valence-corrected chi connectivity index (χ3v) is 4.50. The topological polar surface area (TPSA) is 70.2 Å². The maximum Gasteiger partial charge on any atom is 0.275 e. The third-order valence-electron chi connectivity index (χ3n) is 4.50. The van der Waals surface area contributed by atoms with Crippen molar-refractivity contribution in [3.05, 3.63) is 59.2 Å². The maximum atomic E-state index is 12.7. The van der Waals surface area contributed by atoms with Crippen LogP contribution >= 0.6 is 0 Å². The Kier molecular flexibility index (Phi) is 2.75. The first-order valence-corrected chi connectivity index (χ1v) is 7.67. The first-order valence-electron chi connectivity index (χ1n) is 7.67. The van der Waals surface area contributed by atoms with Gasteiger partial charge in [-0.25, -0.2) is 0 Å². The van der Waals surface area contributed by atoms with Crippen LogP contribution in [0.4, 0.5) is 11.4 Å². The Hall–Kier alpha value is -2.82. The number of hydrogen-bond donors (Lipinski definition) is 3. The quantitative estimate of drug-likeness (QED) is 0.758. The van der Waals surface area contributed by atoms with Crippen LogP contribution in [0, 0.1) is 0 Å². The molecule has 3 N–H and O–H groups in total. The second kappa shape index (κ2) is 4.59. The lowest BCUT2D eigenvalue weighted by Gasteiger charge is -2.35. The van der Waals surface area contributed by atoms with Crippen LogP contribution in [0.1, 0.15) is 41.3 Å². The van der Waals surface area contributed by atoms with Gasteiger partial charge in [0.15, 0.2) is 0 Å². The highest BCUT2D eigenvalue weighted by Gasteiger charge is 2.51. The lowest BCUT2D eigenvalue weighted by molar-refractivity contribution is -0.120. The number of hydrogen-bond acceptors (Lipinski definition) is 3. The van der Waals surface area contributed by atoms with Crippen molar-refractivity contribution in [3.8, 4) is 0 Å². The van der Waals surface area contributed by atoms with E-state index in [1.165, 1.54) is 0 Å². The van der Waals surface area contributed by atoms with Crippen molar-refractivity contribution in [2.45, 2.75) is 25.4 Å². The van der Waals surface area contributed by atoms with Crippen molar-refractivity contribution < 1.29 is 9.59 Å². The molecular formula is C18H17N3O2. The van der Waals surface area contributed by atoms with Gasteiger partial charge in [0.1, 0.15) is 0 Å². The minimum Gasteiger partial charge on any atom is -0.350 e. The predicted molar refractivity (Wildman–Crippen MR) is 88.4 cm³/mol. The summed E-state index contributed by atoms with van der Waals surface area (Å²) in [5, 5.41) is 8.95. The van der Waals surface area contributed by atoms with Crippen LogP contribution in [-0.2, 0) is 10.5 Å². The molecule has 0 aromatic heterocycles. The van der Waals surface area contributed by atoms with Gasteiger partial charge in [0, 0.05) is 16.9 Å². The number of amides is 2. The number of para-hydroxylation sites is 1. The Balaban J connectivity index is 1.89. The number of anilines is 2. The molecule has 5 nitrogen and oxygen atoms in total. The fourth-order valence-electron chi connectivity index (χ4n) is 3.19. The third kappa shape index (κ3) is 1.86. The molecule has 2 amide bonds. The molecule has 0 saturated carbocycles. The summed E-state index contributed by atoms with van der Waals surface area (Å²) < 4.78 is 0. The van der Waals surface area contributed by atoms with Crippen molar-refractivity contribution >= 4 is 23.2 Å². The number of fused-ring (bicyclic) bond motifs is 3. The van der Waals surface area contributed by atoms with E-state index in [9.17, 15) is 9.59 Å². The predicted octanol–water partition coefficient (Wildman–Crippen LogP) is 2.77. The van der Waals surface area contributed by atoms with Gasteiger partial charge in [-0.2, -0.15) is 0 Å². The molecule has 0 aliphatic carbocycles. The van der Waals surface area contributed by atoms with Gasteiger partial charge in [-0.1, -0.05) is 32.0 Å². The number of benzene rings is 2. The highest BCUT2D eigenvalue weighted by atomic mass is 16.2. The van der Waals surface area contributed by atoms with Gasteiger partial charge >= 0.3 is 0 Å². The molecule has 5 heteroatoms. The van der Waals surface area contributed by atoms with Crippen molar-refractivity contribution in [1.29, 1.82) is 0 Å². The normalized spacial score (nSPS) is 21.5. The standard InChI is InChI=1S/C18H17N3O2/c1-10(2)11-7-8-15-13(9-11)18(17(23)19-15)20-14-6-4-3-5-12(14)16(22)21-18/h3-10,20H,1-2H3,(H,19,23)(H,21,22). The van der Waals surface area contributed by atoms with Crippen LogP contribution in [0.2, 0.25) is 0 Å². The molecule has 2 aromatic rings. The van der Waals surface area contributed by atoms with E-state index in [0.29, 0.717) is 17.2 Å². The zero-order valence-electron chi connectivity index (χ0n) is 12.9. The fourth-order valence-corrected chi connectivity index (χ4v) is 3.19. The fraction of sp³-hybridized carbons (Fsp3) is 0.222. The van der Waals surface area contributed by atoms with Gasteiger partial charge in [0.05, 0.1) is 5.56 Å². The Morgan fingerprint density at radius 3 is 2.52 bits per heavy atom. The molecule has 1 spiro atoms. The molecule has 2 heterocycles. The summed E-state index contributed by atoms with van der Waals surface area (Å²) in [5.41, 5.74) is 2.57. The molecular weight excluding hydrogens is 290 g/mol. The van der Waals surface area contributed by atoms with Crippen LogP contribution < -0.4 is 16.0 Å². The van der Waals surface area contributed by atoms with E-state index < -0.39 is 5.66 Å². The highest BCUT2D eigenvalue weighted by molar-refractivity contribution is 6.14. The Bertz CT molecular complexity index is 844. The minimum atomic E-state index is -1.24. The van der Waals surface area contributed by atoms with Crippen LogP contribution in [0.15, 0.2) is 42.5 Å². The molecule has 2 aliphatic heterocycles. The first kappa shape index (κ1) is 13.8. The minimum absolute atomic E-state index is 0.252. The lowest BCUT2D eigenvalue weighted by Crippen LogP contribution is -2.59. The average Bonchev–Trinajstić information content (AvgIpc) is 2.79. The van der Waals surface area contributed by atoms with Crippen LogP contribution in [0.5, 0.6) is 0 Å². The molecule has 4 rings (SSSR count). The van der Waals surface area contributed by atoms with E-state index in [-0.39, 0.29) is 11.8 Å². The molecule has 2 aliphatic rings. The molecule has 0 fully saturated rings. The van der Waals surface area contributed by atoms with Gasteiger partial charge in [0.2, 0.25) is 5.66 Å². The van der Waals surface area contributed by atoms with Crippen molar-refractivity contribution in [1.82, 2.24) is 5.32 Å². The molecule has 1 unspecified atom stereocenters. The SMILES string of the molecule is CC(C)c1ccc2c(c1)C1(NC(=O)c3ccccc3N1)C(=O)N2. The molecule has 0 bridgehead atoms. The second-order valence-electron chi connectivity index (χ2n) is 6.29. The number of nitrogens with one attached hydrogen (secondary N) is 3. The zero-order chi connectivity index (χ0) is 16.2. The Morgan fingerprint density at radius 2 is 1.74 bits per heavy atom. The van der Waals surface area contributed by atoms with Gasteiger partial charge in [0.25, 0.3) is 11.8 Å². The van der Waals surface area contributed by atoms with E-state index in [1.54, 1.807) is 12.1 Å². The first-order chi connectivity index (χ1) is 11.0. The maximum absolute atomic E-state index is 12.7. The van der Waals surface area contributed by atoms with Crippen molar-refractivity contribution in [2.24, 2.45) is 0 Å². The van der Waals surface area contributed by atoms with Crippen LogP contribution in [0.3, 0.4) is 0 Å². The molecule has 1 atom stereocenters. The number of carbonyl (C=O) groups is 2. The Labute approximate surface area is 134 Å². The number of carbonyl (C=O) groups excluding carboxylic acids is 2. The van der Waals surface area contributed by atoms with Gasteiger partial charge in [-0.3, -0.25) is 9.59 Å². The van der Waals surface area contributed by atoms with Gasteiger partial charge in [-0.05, 0) is 35.7 Å². The zero-order valence-corrected chi connectivity index (χ0v) is 12.9. The largest absolute Gasteiger partial charge is 0.350 e. The van der Waals surface area contributed by atoms with Crippen LogP contribution in [0.25, 0.3) is 0 Å². The second-order valence-corrected chi connectivity index (χ2v) is 6.29. The monoisotopic (exact) mass is 307 g/mol. The summed E-state index contributed by atoms with van der Waals surface area (Å²) in [7, 11) is 0. The number of rotatable bonds is 1. The summed E-state index contributed by atoms with van der Waals surface area (Å²) in [5.74, 6) is -0.187. The van der Waals surface area contributed by atoms with Crippen LogP contribution in [-0.4, -0.2) is 11.8 Å². The highest BCUT2D eigenvalue weighted by Crippen LogP contribution is 2.41. The van der Waals surface area contributed by atoms with Gasteiger partial charge < -0.3 is 16.0 Å².